The fourth-order valence-electron chi connectivity index (χ4n) is 1.61. The van der Waals surface area contributed by atoms with Crippen LogP contribution in [0.3, 0.4) is 0 Å². The number of hydrogen-bond donors (Lipinski definition) is 1. The smallest absolute Gasteiger partial charge is 0.227 e. The third-order valence-corrected chi connectivity index (χ3v) is 2.49. The molecule has 5 heteroatoms. The Balaban J connectivity index is 2.16. The first kappa shape index (κ1) is 10.2. The Hall–Kier alpha value is -1.36. The molecular formula is C10H17N5. The van der Waals surface area contributed by atoms with Crippen molar-refractivity contribution in [3.8, 4) is 0 Å². The van der Waals surface area contributed by atoms with Gasteiger partial charge in [-0.15, -0.1) is 0 Å². The van der Waals surface area contributed by atoms with Crippen molar-refractivity contribution in [3.05, 3.63) is 12.3 Å². The highest BCUT2D eigenvalue weighted by molar-refractivity contribution is 5.42. The van der Waals surface area contributed by atoms with Crippen LogP contribution >= 0.6 is 0 Å². The van der Waals surface area contributed by atoms with E-state index in [0.29, 0.717) is 0 Å². The molecule has 0 radical (unpaired) electrons. The van der Waals surface area contributed by atoms with Crippen LogP contribution in [0.25, 0.3) is 0 Å². The molecular weight excluding hydrogens is 190 g/mol. The van der Waals surface area contributed by atoms with Gasteiger partial charge in [0.1, 0.15) is 5.82 Å². The minimum Gasteiger partial charge on any atom is -0.363 e. The molecule has 1 aromatic rings. The van der Waals surface area contributed by atoms with Gasteiger partial charge in [-0.05, 0) is 6.07 Å². The minimum atomic E-state index is 0.836. The summed E-state index contributed by atoms with van der Waals surface area (Å²) in [4.78, 5) is 13.0. The van der Waals surface area contributed by atoms with E-state index in [9.17, 15) is 0 Å². The second-order valence-corrected chi connectivity index (χ2v) is 3.85. The minimum absolute atomic E-state index is 0.836. The predicted octanol–water partition coefficient (Wildman–Crippen LogP) is -0.0478. The Morgan fingerprint density at radius 1 is 1.33 bits per heavy atom. The SMILES string of the molecule is CN(C)c1ccnc(N2CCNCC2)n1. The zero-order valence-corrected chi connectivity index (χ0v) is 9.27. The number of nitrogens with one attached hydrogen (secondary N) is 1. The van der Waals surface area contributed by atoms with E-state index < -0.39 is 0 Å². The van der Waals surface area contributed by atoms with Gasteiger partial charge in [-0.25, -0.2) is 4.98 Å². The molecule has 0 aromatic carbocycles. The topological polar surface area (TPSA) is 44.3 Å². The number of rotatable bonds is 2. The second kappa shape index (κ2) is 4.44. The highest BCUT2D eigenvalue weighted by Crippen LogP contribution is 2.12. The molecule has 2 heterocycles. The number of piperazine rings is 1. The first-order valence-corrected chi connectivity index (χ1v) is 5.23. The van der Waals surface area contributed by atoms with E-state index >= 15 is 0 Å². The van der Waals surface area contributed by atoms with Crippen LogP contribution in [0.2, 0.25) is 0 Å². The third kappa shape index (κ3) is 2.36. The maximum Gasteiger partial charge on any atom is 0.227 e. The molecule has 1 aliphatic rings. The van der Waals surface area contributed by atoms with Gasteiger partial charge < -0.3 is 15.1 Å². The normalized spacial score (nSPS) is 16.5. The Morgan fingerprint density at radius 3 is 2.73 bits per heavy atom. The van der Waals surface area contributed by atoms with Crippen molar-refractivity contribution in [1.82, 2.24) is 15.3 Å². The van der Waals surface area contributed by atoms with E-state index in [1.165, 1.54) is 0 Å². The Labute approximate surface area is 90.1 Å². The van der Waals surface area contributed by atoms with Crippen LogP contribution in [0.4, 0.5) is 11.8 Å². The number of hydrogen-bond acceptors (Lipinski definition) is 5. The first-order chi connectivity index (χ1) is 7.27. The number of aromatic nitrogens is 2. The molecule has 82 valence electrons. The van der Waals surface area contributed by atoms with Crippen molar-refractivity contribution in [2.75, 3.05) is 50.1 Å². The van der Waals surface area contributed by atoms with Gasteiger partial charge in [0.15, 0.2) is 0 Å². The predicted molar refractivity (Wildman–Crippen MR) is 61.4 cm³/mol. The van der Waals surface area contributed by atoms with E-state index in [2.05, 4.69) is 20.2 Å². The Bertz CT molecular complexity index is 319. The molecule has 1 aliphatic heterocycles. The third-order valence-electron chi connectivity index (χ3n) is 2.49. The van der Waals surface area contributed by atoms with E-state index in [0.717, 1.165) is 37.9 Å². The first-order valence-electron chi connectivity index (χ1n) is 5.23. The lowest BCUT2D eigenvalue weighted by molar-refractivity contribution is 0.580. The molecule has 15 heavy (non-hydrogen) atoms. The molecule has 0 aliphatic carbocycles. The van der Waals surface area contributed by atoms with E-state index in [-0.39, 0.29) is 0 Å². The summed E-state index contributed by atoms with van der Waals surface area (Å²) in [6, 6.07) is 1.92. The van der Waals surface area contributed by atoms with Gasteiger partial charge in [-0.2, -0.15) is 4.98 Å². The Morgan fingerprint density at radius 2 is 2.07 bits per heavy atom. The average molecular weight is 207 g/mol. The monoisotopic (exact) mass is 207 g/mol. The van der Waals surface area contributed by atoms with Crippen molar-refractivity contribution in [2.24, 2.45) is 0 Å². The molecule has 1 N–H and O–H groups in total. The van der Waals surface area contributed by atoms with Crippen molar-refractivity contribution in [3.63, 3.8) is 0 Å². The summed E-state index contributed by atoms with van der Waals surface area (Å²) in [5, 5.41) is 3.31. The Kier molecular flexibility index (Phi) is 3.01. The fourth-order valence-corrected chi connectivity index (χ4v) is 1.61. The molecule has 0 spiro atoms. The van der Waals surface area contributed by atoms with Gasteiger partial charge in [0.05, 0.1) is 0 Å². The fraction of sp³-hybridized carbons (Fsp3) is 0.600. The van der Waals surface area contributed by atoms with Gasteiger partial charge in [0.2, 0.25) is 5.95 Å². The van der Waals surface area contributed by atoms with Crippen LogP contribution in [0.1, 0.15) is 0 Å². The van der Waals surface area contributed by atoms with Crippen LogP contribution in [0.5, 0.6) is 0 Å². The summed E-state index contributed by atoms with van der Waals surface area (Å²) in [5.74, 6) is 1.79. The van der Waals surface area contributed by atoms with E-state index in [1.54, 1.807) is 0 Å². The van der Waals surface area contributed by atoms with Gasteiger partial charge in [-0.3, -0.25) is 0 Å². The van der Waals surface area contributed by atoms with Crippen molar-refractivity contribution in [2.45, 2.75) is 0 Å². The van der Waals surface area contributed by atoms with E-state index in [4.69, 9.17) is 0 Å². The highest BCUT2D eigenvalue weighted by Gasteiger charge is 2.13. The lowest BCUT2D eigenvalue weighted by Gasteiger charge is -2.27. The molecule has 5 nitrogen and oxygen atoms in total. The second-order valence-electron chi connectivity index (χ2n) is 3.85. The molecule has 0 saturated carbocycles. The summed E-state index contributed by atoms with van der Waals surface area (Å²) in [6.45, 7) is 3.98. The van der Waals surface area contributed by atoms with Gasteiger partial charge in [-0.1, -0.05) is 0 Å². The highest BCUT2D eigenvalue weighted by atomic mass is 15.3. The molecule has 1 saturated heterocycles. The lowest BCUT2D eigenvalue weighted by Crippen LogP contribution is -2.44. The van der Waals surface area contributed by atoms with Crippen LogP contribution < -0.4 is 15.1 Å². The zero-order valence-electron chi connectivity index (χ0n) is 9.27. The summed E-state index contributed by atoms with van der Waals surface area (Å²) < 4.78 is 0. The molecule has 0 unspecified atom stereocenters. The van der Waals surface area contributed by atoms with Gasteiger partial charge in [0, 0.05) is 46.5 Å². The van der Waals surface area contributed by atoms with E-state index in [1.807, 2.05) is 31.3 Å². The molecule has 0 amide bonds. The summed E-state index contributed by atoms with van der Waals surface area (Å²) in [6.07, 6.45) is 1.82. The standard InChI is InChI=1S/C10H17N5/c1-14(2)9-3-4-12-10(13-9)15-7-5-11-6-8-15/h3-4,11H,5-8H2,1-2H3. The number of anilines is 2. The molecule has 1 aromatic heterocycles. The number of nitrogens with zero attached hydrogens (tertiary/aromatic N) is 4. The van der Waals surface area contributed by atoms with Crippen LogP contribution in [0, 0.1) is 0 Å². The van der Waals surface area contributed by atoms with Crippen LogP contribution in [0.15, 0.2) is 12.3 Å². The maximum absolute atomic E-state index is 4.51. The maximum atomic E-state index is 4.51. The van der Waals surface area contributed by atoms with Gasteiger partial charge >= 0.3 is 0 Å². The van der Waals surface area contributed by atoms with Gasteiger partial charge in [0.25, 0.3) is 0 Å². The lowest BCUT2D eigenvalue weighted by atomic mass is 10.4. The van der Waals surface area contributed by atoms with Crippen molar-refractivity contribution < 1.29 is 0 Å². The quantitative estimate of drug-likeness (QED) is 0.737. The summed E-state index contributed by atoms with van der Waals surface area (Å²) in [7, 11) is 3.98. The van der Waals surface area contributed by atoms with Crippen molar-refractivity contribution >= 4 is 11.8 Å². The zero-order chi connectivity index (χ0) is 10.7. The average Bonchev–Trinajstić information content (AvgIpc) is 2.30. The summed E-state index contributed by atoms with van der Waals surface area (Å²) in [5.41, 5.74) is 0. The summed E-state index contributed by atoms with van der Waals surface area (Å²) >= 11 is 0. The molecule has 2 rings (SSSR count). The largest absolute Gasteiger partial charge is 0.363 e. The van der Waals surface area contributed by atoms with Crippen LogP contribution in [-0.2, 0) is 0 Å². The van der Waals surface area contributed by atoms with Crippen LogP contribution in [-0.4, -0.2) is 50.2 Å². The molecule has 1 fully saturated rings. The molecule has 0 atom stereocenters. The van der Waals surface area contributed by atoms with Crippen molar-refractivity contribution in [1.29, 1.82) is 0 Å². The molecule has 0 bridgehead atoms.